The lowest BCUT2D eigenvalue weighted by Crippen LogP contribution is -2.44. The zero-order chi connectivity index (χ0) is 14.9. The van der Waals surface area contributed by atoms with Gasteiger partial charge in [-0.3, -0.25) is 0 Å². The van der Waals surface area contributed by atoms with Gasteiger partial charge in [0.15, 0.2) is 11.5 Å². The summed E-state index contributed by atoms with van der Waals surface area (Å²) in [6.07, 6.45) is 0.690. The van der Waals surface area contributed by atoms with E-state index in [9.17, 15) is 8.78 Å². The lowest BCUT2D eigenvalue weighted by atomic mass is 10.0. The van der Waals surface area contributed by atoms with Gasteiger partial charge in [0.2, 0.25) is 6.79 Å². The Morgan fingerprint density at radius 1 is 1.24 bits per heavy atom. The Morgan fingerprint density at radius 2 is 2.00 bits per heavy atom. The molecule has 6 heteroatoms. The van der Waals surface area contributed by atoms with Crippen molar-refractivity contribution in [1.29, 1.82) is 0 Å². The molecule has 2 heterocycles. The molecule has 0 aromatic heterocycles. The number of rotatable bonds is 4. The Bertz CT molecular complexity index is 511. The molecule has 1 aromatic rings. The second-order valence-corrected chi connectivity index (χ2v) is 5.60. The maximum absolute atomic E-state index is 13.6. The molecule has 3 rings (SSSR count). The molecule has 0 atom stereocenters. The molecule has 1 saturated heterocycles. The summed E-state index contributed by atoms with van der Waals surface area (Å²) in [5, 5.41) is 3.30. The Morgan fingerprint density at radius 3 is 2.71 bits per heavy atom. The second kappa shape index (κ2) is 5.77. The molecule has 1 N–H and O–H groups in total. The molecule has 0 saturated carbocycles. The Balaban J connectivity index is 1.78. The Kier molecular flexibility index (Phi) is 3.99. The fourth-order valence-corrected chi connectivity index (χ4v) is 2.74. The van der Waals surface area contributed by atoms with Crippen LogP contribution in [0.15, 0.2) is 12.1 Å². The predicted molar refractivity (Wildman–Crippen MR) is 75.1 cm³/mol. The number of hydrogen-bond acceptors (Lipinski definition) is 4. The molecule has 0 unspecified atom stereocenters. The van der Waals surface area contributed by atoms with E-state index in [-0.39, 0.29) is 12.4 Å². The summed E-state index contributed by atoms with van der Waals surface area (Å²) in [5.41, 5.74) is 0.794. The number of nitrogens with one attached hydrogen (secondary N) is 1. The molecule has 0 radical (unpaired) electrons. The summed E-state index contributed by atoms with van der Waals surface area (Å²) < 4.78 is 37.9. The Labute approximate surface area is 123 Å². The van der Waals surface area contributed by atoms with Crippen molar-refractivity contribution in [3.63, 3.8) is 0 Å². The average molecular weight is 298 g/mol. The van der Waals surface area contributed by atoms with Gasteiger partial charge in [0.05, 0.1) is 0 Å². The highest BCUT2D eigenvalue weighted by Crippen LogP contribution is 2.41. The van der Waals surface area contributed by atoms with Crippen molar-refractivity contribution in [3.05, 3.63) is 23.3 Å². The van der Waals surface area contributed by atoms with Gasteiger partial charge < -0.3 is 19.7 Å². The van der Waals surface area contributed by atoms with Crippen LogP contribution in [0.4, 0.5) is 8.78 Å². The van der Waals surface area contributed by atoms with Crippen LogP contribution in [0.1, 0.15) is 18.1 Å². The molecule has 2 aliphatic rings. The lowest BCUT2D eigenvalue weighted by Gasteiger charge is -2.27. The van der Waals surface area contributed by atoms with Crippen molar-refractivity contribution in [1.82, 2.24) is 10.2 Å². The van der Waals surface area contributed by atoms with Crippen molar-refractivity contribution in [2.75, 3.05) is 39.5 Å². The molecule has 2 aliphatic heterocycles. The zero-order valence-corrected chi connectivity index (χ0v) is 12.1. The molecule has 0 spiro atoms. The quantitative estimate of drug-likeness (QED) is 0.921. The van der Waals surface area contributed by atoms with E-state index in [1.54, 1.807) is 6.07 Å². The van der Waals surface area contributed by atoms with Crippen molar-refractivity contribution in [2.45, 2.75) is 19.3 Å². The maximum atomic E-state index is 13.6. The van der Waals surface area contributed by atoms with Crippen LogP contribution in [-0.2, 0) is 12.3 Å². The molecule has 1 fully saturated rings. The molecular weight excluding hydrogens is 278 g/mol. The second-order valence-electron chi connectivity index (χ2n) is 5.60. The first-order chi connectivity index (χ1) is 10.0. The highest BCUT2D eigenvalue weighted by atomic mass is 19.3. The summed E-state index contributed by atoms with van der Waals surface area (Å²) in [4.78, 5) is 2.33. The minimum Gasteiger partial charge on any atom is -0.454 e. The van der Waals surface area contributed by atoms with Crippen LogP contribution in [0, 0.1) is 0 Å². The summed E-state index contributed by atoms with van der Waals surface area (Å²) in [7, 11) is 0. The third-order valence-corrected chi connectivity index (χ3v) is 3.96. The zero-order valence-electron chi connectivity index (χ0n) is 12.1. The third kappa shape index (κ3) is 3.27. The molecule has 0 bridgehead atoms. The third-order valence-electron chi connectivity index (χ3n) is 3.96. The lowest BCUT2D eigenvalue weighted by molar-refractivity contribution is 0.0172. The number of piperazine rings is 1. The van der Waals surface area contributed by atoms with E-state index in [1.165, 1.54) is 6.07 Å². The highest BCUT2D eigenvalue weighted by molar-refractivity contribution is 5.52. The number of fused-ring (bicyclic) bond motifs is 1. The summed E-state index contributed by atoms with van der Waals surface area (Å²) in [5.74, 6) is -1.81. The van der Waals surface area contributed by atoms with Crippen LogP contribution in [0.2, 0.25) is 0 Å². The van der Waals surface area contributed by atoms with E-state index in [2.05, 4.69) is 10.2 Å². The van der Waals surface area contributed by atoms with Gasteiger partial charge in [-0.25, -0.2) is 8.78 Å². The van der Waals surface area contributed by atoms with Gasteiger partial charge in [-0.1, -0.05) is 0 Å². The standard InChI is InChI=1S/C15H20F2N2O2/c1-15(16,17)12-8-11(14-13(9-12)20-10-21-14)2-5-19-6-3-18-4-7-19/h8-9,18H,2-7,10H2,1H3. The minimum absolute atomic E-state index is 0.0120. The summed E-state index contributed by atoms with van der Waals surface area (Å²) in [6.45, 7) is 5.79. The van der Waals surface area contributed by atoms with Gasteiger partial charge in [0.1, 0.15) is 0 Å². The van der Waals surface area contributed by atoms with Crippen molar-refractivity contribution < 1.29 is 18.3 Å². The van der Waals surface area contributed by atoms with E-state index in [1.807, 2.05) is 0 Å². The molecule has 116 valence electrons. The molecule has 0 aliphatic carbocycles. The van der Waals surface area contributed by atoms with Crippen LogP contribution in [0.25, 0.3) is 0 Å². The number of ether oxygens (including phenoxy) is 2. The number of alkyl halides is 2. The van der Waals surface area contributed by atoms with Gasteiger partial charge in [-0.05, 0) is 24.1 Å². The molecular formula is C15H20F2N2O2. The van der Waals surface area contributed by atoms with Crippen LogP contribution in [0.3, 0.4) is 0 Å². The van der Waals surface area contributed by atoms with Crippen molar-refractivity contribution in [3.8, 4) is 11.5 Å². The van der Waals surface area contributed by atoms with Crippen molar-refractivity contribution in [2.24, 2.45) is 0 Å². The van der Waals surface area contributed by atoms with E-state index in [0.29, 0.717) is 17.9 Å². The first-order valence-corrected chi connectivity index (χ1v) is 7.28. The fraction of sp³-hybridized carbons (Fsp3) is 0.600. The van der Waals surface area contributed by atoms with E-state index in [4.69, 9.17) is 9.47 Å². The smallest absolute Gasteiger partial charge is 0.270 e. The number of hydrogen-bond donors (Lipinski definition) is 1. The monoisotopic (exact) mass is 298 g/mol. The maximum Gasteiger partial charge on any atom is 0.270 e. The highest BCUT2D eigenvalue weighted by Gasteiger charge is 2.29. The van der Waals surface area contributed by atoms with E-state index < -0.39 is 5.92 Å². The first kappa shape index (κ1) is 14.5. The summed E-state index contributed by atoms with van der Waals surface area (Å²) >= 11 is 0. The molecule has 1 aromatic carbocycles. The largest absolute Gasteiger partial charge is 0.454 e. The van der Waals surface area contributed by atoms with Gasteiger partial charge in [0.25, 0.3) is 5.92 Å². The van der Waals surface area contributed by atoms with Crippen LogP contribution in [0.5, 0.6) is 11.5 Å². The normalized spacial score (nSPS) is 19.0. The minimum atomic E-state index is -2.87. The SMILES string of the molecule is CC(F)(F)c1cc(CCN2CCNCC2)c2c(c1)OCO2. The predicted octanol–water partition coefficient (Wildman–Crippen LogP) is 1.97. The first-order valence-electron chi connectivity index (χ1n) is 7.28. The topological polar surface area (TPSA) is 33.7 Å². The van der Waals surface area contributed by atoms with Gasteiger partial charge in [-0.15, -0.1) is 0 Å². The van der Waals surface area contributed by atoms with E-state index in [0.717, 1.165) is 45.2 Å². The van der Waals surface area contributed by atoms with Crippen LogP contribution < -0.4 is 14.8 Å². The van der Waals surface area contributed by atoms with Crippen molar-refractivity contribution >= 4 is 0 Å². The van der Waals surface area contributed by atoms with Crippen LogP contribution in [-0.4, -0.2) is 44.4 Å². The van der Waals surface area contributed by atoms with Gasteiger partial charge >= 0.3 is 0 Å². The fourth-order valence-electron chi connectivity index (χ4n) is 2.74. The van der Waals surface area contributed by atoms with Crippen LogP contribution >= 0.6 is 0 Å². The van der Waals surface area contributed by atoms with Gasteiger partial charge in [0, 0.05) is 45.2 Å². The van der Waals surface area contributed by atoms with Gasteiger partial charge in [-0.2, -0.15) is 0 Å². The van der Waals surface area contributed by atoms with E-state index >= 15 is 0 Å². The number of nitrogens with zero attached hydrogens (tertiary/aromatic N) is 1. The molecule has 0 amide bonds. The summed E-state index contributed by atoms with van der Waals surface area (Å²) in [6, 6.07) is 2.94. The number of benzene rings is 1. The molecule has 21 heavy (non-hydrogen) atoms. The Hall–Kier alpha value is -1.40. The number of halogens is 2. The average Bonchev–Trinajstić information content (AvgIpc) is 2.93. The molecule has 4 nitrogen and oxygen atoms in total.